The molecule has 0 radical (unpaired) electrons. The van der Waals surface area contributed by atoms with Gasteiger partial charge in [0.25, 0.3) is 0 Å². The summed E-state index contributed by atoms with van der Waals surface area (Å²) in [5.74, 6) is 1.40. The molecule has 0 bridgehead atoms. The number of halogens is 1. The molecule has 2 aromatic heterocycles. The summed E-state index contributed by atoms with van der Waals surface area (Å²) in [5.41, 5.74) is 2.74. The van der Waals surface area contributed by atoms with Gasteiger partial charge in [-0.1, -0.05) is 6.07 Å². The summed E-state index contributed by atoms with van der Waals surface area (Å²) in [6.45, 7) is 0. The molecule has 0 aliphatic carbocycles. The number of methoxy groups -OCH3 is 2. The third-order valence-corrected chi connectivity index (χ3v) is 3.17. The van der Waals surface area contributed by atoms with Crippen molar-refractivity contribution in [3.05, 3.63) is 48.8 Å². The van der Waals surface area contributed by atoms with Gasteiger partial charge in [0.2, 0.25) is 0 Å². The SMILES string of the molecule is COc1ccc(-c2ccc3ccncc3n2)cc1OC.Cl. The zero-order valence-electron chi connectivity index (χ0n) is 11.7. The lowest BCUT2D eigenvalue weighted by Crippen LogP contribution is -1.92. The van der Waals surface area contributed by atoms with Crippen molar-refractivity contribution in [3.8, 4) is 22.8 Å². The van der Waals surface area contributed by atoms with Crippen LogP contribution in [-0.2, 0) is 0 Å². The molecule has 2 heterocycles. The third-order valence-electron chi connectivity index (χ3n) is 3.17. The highest BCUT2D eigenvalue weighted by Crippen LogP contribution is 2.32. The van der Waals surface area contributed by atoms with E-state index < -0.39 is 0 Å². The van der Waals surface area contributed by atoms with Crippen LogP contribution in [0.15, 0.2) is 48.8 Å². The van der Waals surface area contributed by atoms with Gasteiger partial charge in [-0.05, 0) is 30.3 Å². The van der Waals surface area contributed by atoms with Gasteiger partial charge < -0.3 is 9.47 Å². The summed E-state index contributed by atoms with van der Waals surface area (Å²) in [7, 11) is 3.25. The van der Waals surface area contributed by atoms with Crippen molar-refractivity contribution in [1.29, 1.82) is 0 Å². The molecule has 1 aromatic carbocycles. The molecule has 0 amide bonds. The molecular formula is C16H15ClN2O2. The maximum atomic E-state index is 5.32. The Labute approximate surface area is 129 Å². The molecule has 5 heteroatoms. The molecule has 0 atom stereocenters. The van der Waals surface area contributed by atoms with Gasteiger partial charge in [0.15, 0.2) is 11.5 Å². The van der Waals surface area contributed by atoms with Crippen LogP contribution in [0.1, 0.15) is 0 Å². The van der Waals surface area contributed by atoms with Gasteiger partial charge in [0.1, 0.15) is 0 Å². The van der Waals surface area contributed by atoms with Crippen LogP contribution >= 0.6 is 12.4 Å². The molecule has 0 saturated carbocycles. The van der Waals surface area contributed by atoms with Gasteiger partial charge in [-0.2, -0.15) is 0 Å². The molecule has 0 aliphatic heterocycles. The fourth-order valence-electron chi connectivity index (χ4n) is 2.12. The molecule has 0 unspecified atom stereocenters. The summed E-state index contributed by atoms with van der Waals surface area (Å²) in [4.78, 5) is 8.72. The number of fused-ring (bicyclic) bond motifs is 1. The normalized spacial score (nSPS) is 10.0. The first-order valence-electron chi connectivity index (χ1n) is 6.25. The second kappa shape index (κ2) is 6.41. The van der Waals surface area contributed by atoms with Gasteiger partial charge in [-0.25, -0.2) is 4.98 Å². The summed E-state index contributed by atoms with van der Waals surface area (Å²) in [5, 5.41) is 1.07. The molecule has 4 nitrogen and oxygen atoms in total. The van der Waals surface area contributed by atoms with E-state index in [9.17, 15) is 0 Å². The zero-order chi connectivity index (χ0) is 13.9. The molecule has 21 heavy (non-hydrogen) atoms. The first-order valence-corrected chi connectivity index (χ1v) is 6.25. The van der Waals surface area contributed by atoms with Crippen molar-refractivity contribution < 1.29 is 9.47 Å². The minimum absolute atomic E-state index is 0. The van der Waals surface area contributed by atoms with Crippen LogP contribution in [0.4, 0.5) is 0 Å². The van der Waals surface area contributed by atoms with E-state index in [1.54, 1.807) is 26.6 Å². The average molecular weight is 303 g/mol. The van der Waals surface area contributed by atoms with Gasteiger partial charge in [0.05, 0.1) is 31.6 Å². The quantitative estimate of drug-likeness (QED) is 0.739. The van der Waals surface area contributed by atoms with Crippen LogP contribution < -0.4 is 9.47 Å². The van der Waals surface area contributed by atoms with Crippen LogP contribution in [0.2, 0.25) is 0 Å². The highest BCUT2D eigenvalue weighted by atomic mass is 35.5. The second-order valence-corrected chi connectivity index (χ2v) is 4.33. The molecule has 108 valence electrons. The summed E-state index contributed by atoms with van der Waals surface area (Å²) in [6, 6.07) is 11.7. The van der Waals surface area contributed by atoms with E-state index >= 15 is 0 Å². The number of pyridine rings is 2. The monoisotopic (exact) mass is 302 g/mol. The predicted octanol–water partition coefficient (Wildman–Crippen LogP) is 3.74. The smallest absolute Gasteiger partial charge is 0.161 e. The Morgan fingerprint density at radius 1 is 0.905 bits per heavy atom. The highest BCUT2D eigenvalue weighted by molar-refractivity contribution is 5.85. The first-order chi connectivity index (χ1) is 9.81. The molecular weight excluding hydrogens is 288 g/mol. The van der Waals surface area contributed by atoms with Crippen LogP contribution in [0, 0.1) is 0 Å². The van der Waals surface area contributed by atoms with Crippen molar-refractivity contribution >= 4 is 23.3 Å². The number of benzene rings is 1. The van der Waals surface area contributed by atoms with E-state index in [1.807, 2.05) is 36.4 Å². The van der Waals surface area contributed by atoms with Crippen molar-refractivity contribution in [1.82, 2.24) is 9.97 Å². The molecule has 0 N–H and O–H groups in total. The predicted molar refractivity (Wildman–Crippen MR) is 85.3 cm³/mol. The Kier molecular flexibility index (Phi) is 4.60. The van der Waals surface area contributed by atoms with E-state index in [2.05, 4.69) is 9.97 Å². The standard InChI is InChI=1S/C16H14N2O2.ClH/c1-19-15-6-4-12(9-16(15)20-2)13-5-3-11-7-8-17-10-14(11)18-13;/h3-10H,1-2H3;1H. The number of hydrogen-bond donors (Lipinski definition) is 0. The van der Waals surface area contributed by atoms with Crippen LogP contribution in [0.3, 0.4) is 0 Å². The molecule has 3 aromatic rings. The number of aromatic nitrogens is 2. The number of rotatable bonds is 3. The average Bonchev–Trinajstić information content (AvgIpc) is 2.53. The van der Waals surface area contributed by atoms with Gasteiger partial charge in [-0.3, -0.25) is 4.98 Å². The fraction of sp³-hybridized carbons (Fsp3) is 0.125. The maximum absolute atomic E-state index is 5.32. The van der Waals surface area contributed by atoms with Crippen molar-refractivity contribution in [3.63, 3.8) is 0 Å². The molecule has 0 spiro atoms. The maximum Gasteiger partial charge on any atom is 0.161 e. The van der Waals surface area contributed by atoms with Gasteiger partial charge >= 0.3 is 0 Å². The van der Waals surface area contributed by atoms with Crippen LogP contribution in [-0.4, -0.2) is 24.2 Å². The summed E-state index contributed by atoms with van der Waals surface area (Å²) >= 11 is 0. The lowest BCUT2D eigenvalue weighted by atomic mass is 10.1. The Morgan fingerprint density at radius 3 is 2.48 bits per heavy atom. The minimum Gasteiger partial charge on any atom is -0.493 e. The fourth-order valence-corrected chi connectivity index (χ4v) is 2.12. The van der Waals surface area contributed by atoms with Crippen molar-refractivity contribution in [2.45, 2.75) is 0 Å². The lowest BCUT2D eigenvalue weighted by molar-refractivity contribution is 0.355. The van der Waals surface area contributed by atoms with Crippen LogP contribution in [0.25, 0.3) is 22.2 Å². The van der Waals surface area contributed by atoms with Crippen molar-refractivity contribution in [2.75, 3.05) is 14.2 Å². The van der Waals surface area contributed by atoms with Crippen molar-refractivity contribution in [2.24, 2.45) is 0 Å². The molecule has 0 aliphatic rings. The Bertz CT molecular complexity index is 762. The van der Waals surface area contributed by atoms with E-state index in [0.29, 0.717) is 11.5 Å². The summed E-state index contributed by atoms with van der Waals surface area (Å²) in [6.07, 6.45) is 3.53. The topological polar surface area (TPSA) is 44.2 Å². The van der Waals surface area contributed by atoms with E-state index in [-0.39, 0.29) is 12.4 Å². The Balaban J connectivity index is 0.00000161. The van der Waals surface area contributed by atoms with E-state index in [1.165, 1.54) is 0 Å². The molecule has 0 saturated heterocycles. The minimum atomic E-state index is 0. The first kappa shape index (κ1) is 15.1. The number of nitrogens with zero attached hydrogens (tertiary/aromatic N) is 2. The van der Waals surface area contributed by atoms with E-state index in [0.717, 1.165) is 22.2 Å². The lowest BCUT2D eigenvalue weighted by Gasteiger charge is -2.09. The van der Waals surface area contributed by atoms with Gasteiger partial charge in [-0.15, -0.1) is 12.4 Å². The summed E-state index contributed by atoms with van der Waals surface area (Å²) < 4.78 is 10.6. The Hall–Kier alpha value is -2.33. The van der Waals surface area contributed by atoms with Gasteiger partial charge in [0, 0.05) is 17.1 Å². The number of hydrogen-bond acceptors (Lipinski definition) is 4. The highest BCUT2D eigenvalue weighted by Gasteiger charge is 2.07. The second-order valence-electron chi connectivity index (χ2n) is 4.33. The molecule has 3 rings (SSSR count). The molecule has 0 fully saturated rings. The Morgan fingerprint density at radius 2 is 1.71 bits per heavy atom. The zero-order valence-corrected chi connectivity index (χ0v) is 12.6. The van der Waals surface area contributed by atoms with Crippen LogP contribution in [0.5, 0.6) is 11.5 Å². The van der Waals surface area contributed by atoms with E-state index in [4.69, 9.17) is 9.47 Å². The number of ether oxygens (including phenoxy) is 2. The third kappa shape index (κ3) is 2.90. The largest absolute Gasteiger partial charge is 0.493 e.